The van der Waals surface area contributed by atoms with Gasteiger partial charge in [0.1, 0.15) is 5.69 Å². The first kappa shape index (κ1) is 11.2. The first-order valence-corrected chi connectivity index (χ1v) is 4.38. The zero-order valence-corrected chi connectivity index (χ0v) is 8.43. The molecule has 80 valence electrons. The number of hydrogen-bond donors (Lipinski definition) is 1. The molecule has 0 aliphatic heterocycles. The second-order valence-corrected chi connectivity index (χ2v) is 3.05. The molecular formula is C10H11NO4. The van der Waals surface area contributed by atoms with Crippen LogP contribution in [0.25, 0.3) is 0 Å². The standard InChI is InChI=1S/C10H11NO4/c1-6-4-3-5-8(11-6)10(14)15-7(2)9(12)13/h3-5,7H,1-2H3,(H,12,13). The Hall–Kier alpha value is -1.91. The minimum absolute atomic E-state index is 0.114. The lowest BCUT2D eigenvalue weighted by Crippen LogP contribution is -2.24. The Morgan fingerprint density at radius 2 is 2.13 bits per heavy atom. The lowest BCUT2D eigenvalue weighted by atomic mass is 10.3. The second-order valence-electron chi connectivity index (χ2n) is 3.05. The number of carbonyl (C=O) groups is 2. The molecule has 1 N–H and O–H groups in total. The van der Waals surface area contributed by atoms with Crippen LogP contribution in [0.5, 0.6) is 0 Å². The van der Waals surface area contributed by atoms with Crippen molar-refractivity contribution in [3.05, 3.63) is 29.6 Å². The highest BCUT2D eigenvalue weighted by atomic mass is 16.6. The Labute approximate surface area is 86.7 Å². The number of carboxylic acids is 1. The van der Waals surface area contributed by atoms with Gasteiger partial charge in [-0.05, 0) is 26.0 Å². The summed E-state index contributed by atoms with van der Waals surface area (Å²) < 4.78 is 4.65. The van der Waals surface area contributed by atoms with Crippen LogP contribution in [0.3, 0.4) is 0 Å². The number of aryl methyl sites for hydroxylation is 1. The average molecular weight is 209 g/mol. The van der Waals surface area contributed by atoms with Gasteiger partial charge in [0.2, 0.25) is 0 Å². The fourth-order valence-corrected chi connectivity index (χ4v) is 0.928. The highest BCUT2D eigenvalue weighted by Gasteiger charge is 2.18. The lowest BCUT2D eigenvalue weighted by Gasteiger charge is -2.07. The molecule has 0 aromatic carbocycles. The lowest BCUT2D eigenvalue weighted by molar-refractivity contribution is -0.146. The number of hydrogen-bond acceptors (Lipinski definition) is 4. The molecule has 0 saturated heterocycles. The summed E-state index contributed by atoms with van der Waals surface area (Å²) in [6.07, 6.45) is -1.17. The summed E-state index contributed by atoms with van der Waals surface area (Å²) in [4.78, 5) is 25.7. The minimum atomic E-state index is -1.18. The first-order valence-electron chi connectivity index (χ1n) is 4.38. The van der Waals surface area contributed by atoms with Crippen molar-refractivity contribution >= 4 is 11.9 Å². The highest BCUT2D eigenvalue weighted by molar-refractivity contribution is 5.89. The molecule has 0 bridgehead atoms. The highest BCUT2D eigenvalue weighted by Crippen LogP contribution is 2.02. The zero-order valence-electron chi connectivity index (χ0n) is 8.43. The predicted molar refractivity (Wildman–Crippen MR) is 51.5 cm³/mol. The van der Waals surface area contributed by atoms with E-state index in [4.69, 9.17) is 5.11 Å². The van der Waals surface area contributed by atoms with E-state index in [1.807, 2.05) is 0 Å². The average Bonchev–Trinajstić information content (AvgIpc) is 2.17. The van der Waals surface area contributed by atoms with Gasteiger partial charge < -0.3 is 9.84 Å². The van der Waals surface area contributed by atoms with E-state index in [0.29, 0.717) is 5.69 Å². The Kier molecular flexibility index (Phi) is 3.38. The number of rotatable bonds is 3. The van der Waals surface area contributed by atoms with Gasteiger partial charge in [0.05, 0.1) is 0 Å². The van der Waals surface area contributed by atoms with Crippen molar-refractivity contribution < 1.29 is 19.4 Å². The van der Waals surface area contributed by atoms with Crippen molar-refractivity contribution in [3.8, 4) is 0 Å². The van der Waals surface area contributed by atoms with Crippen LogP contribution in [0, 0.1) is 6.92 Å². The van der Waals surface area contributed by atoms with Gasteiger partial charge in [0.25, 0.3) is 0 Å². The Bertz CT molecular complexity index is 389. The molecule has 1 heterocycles. The number of carboxylic acid groups (broad SMARTS) is 1. The third-order valence-corrected chi connectivity index (χ3v) is 1.73. The van der Waals surface area contributed by atoms with Crippen molar-refractivity contribution in [1.29, 1.82) is 0 Å². The maximum atomic E-state index is 11.4. The van der Waals surface area contributed by atoms with Gasteiger partial charge in [-0.2, -0.15) is 0 Å². The molecule has 0 spiro atoms. The van der Waals surface area contributed by atoms with E-state index in [1.165, 1.54) is 13.0 Å². The Balaban J connectivity index is 2.73. The number of aliphatic carboxylic acids is 1. The van der Waals surface area contributed by atoms with Crippen molar-refractivity contribution in [2.24, 2.45) is 0 Å². The Morgan fingerprint density at radius 3 is 2.67 bits per heavy atom. The first-order chi connectivity index (χ1) is 7.00. The Morgan fingerprint density at radius 1 is 1.47 bits per heavy atom. The van der Waals surface area contributed by atoms with Crippen molar-refractivity contribution in [2.45, 2.75) is 20.0 Å². The van der Waals surface area contributed by atoms with E-state index >= 15 is 0 Å². The summed E-state index contributed by atoms with van der Waals surface area (Å²) in [5.41, 5.74) is 0.788. The van der Waals surface area contributed by atoms with Crippen LogP contribution < -0.4 is 0 Å². The molecule has 0 fully saturated rings. The molecule has 5 heteroatoms. The number of carbonyl (C=O) groups excluding carboxylic acids is 1. The van der Waals surface area contributed by atoms with E-state index in [9.17, 15) is 9.59 Å². The minimum Gasteiger partial charge on any atom is -0.479 e. The molecule has 1 unspecified atom stereocenters. The third kappa shape index (κ3) is 3.05. The fraction of sp³-hybridized carbons (Fsp3) is 0.300. The van der Waals surface area contributed by atoms with Crippen LogP contribution in [0.2, 0.25) is 0 Å². The molecule has 1 rings (SSSR count). The molecule has 0 amide bonds. The molecule has 0 aliphatic rings. The summed E-state index contributed by atoms with van der Waals surface area (Å²) in [6, 6.07) is 4.87. The van der Waals surface area contributed by atoms with Gasteiger partial charge in [-0.1, -0.05) is 6.07 Å². The molecule has 1 aromatic rings. The molecule has 1 aromatic heterocycles. The monoisotopic (exact) mass is 209 g/mol. The third-order valence-electron chi connectivity index (χ3n) is 1.73. The molecule has 5 nitrogen and oxygen atoms in total. The smallest absolute Gasteiger partial charge is 0.357 e. The van der Waals surface area contributed by atoms with Gasteiger partial charge in [0.15, 0.2) is 6.10 Å². The van der Waals surface area contributed by atoms with Crippen LogP contribution in [-0.2, 0) is 9.53 Å². The summed E-state index contributed by atoms with van der Waals surface area (Å²) >= 11 is 0. The SMILES string of the molecule is Cc1cccc(C(=O)OC(C)C(=O)O)n1. The largest absolute Gasteiger partial charge is 0.479 e. The molecule has 0 aliphatic carbocycles. The van der Waals surface area contributed by atoms with Gasteiger partial charge in [-0.3, -0.25) is 0 Å². The molecular weight excluding hydrogens is 198 g/mol. The number of nitrogens with zero attached hydrogens (tertiary/aromatic N) is 1. The van der Waals surface area contributed by atoms with Gasteiger partial charge in [0, 0.05) is 5.69 Å². The van der Waals surface area contributed by atoms with Crippen LogP contribution in [-0.4, -0.2) is 28.1 Å². The van der Waals surface area contributed by atoms with Crippen LogP contribution in [0.1, 0.15) is 23.1 Å². The van der Waals surface area contributed by atoms with E-state index in [2.05, 4.69) is 9.72 Å². The molecule has 1 atom stereocenters. The van der Waals surface area contributed by atoms with Gasteiger partial charge >= 0.3 is 11.9 Å². The molecule has 0 radical (unpaired) electrons. The van der Waals surface area contributed by atoms with Crippen LogP contribution in [0.4, 0.5) is 0 Å². The number of pyridine rings is 1. The molecule has 0 saturated carbocycles. The summed E-state index contributed by atoms with van der Waals surface area (Å²) in [5.74, 6) is -1.91. The normalized spacial score (nSPS) is 11.9. The van der Waals surface area contributed by atoms with E-state index in [1.54, 1.807) is 19.1 Å². The topological polar surface area (TPSA) is 76.5 Å². The maximum Gasteiger partial charge on any atom is 0.357 e. The predicted octanol–water partition coefficient (Wildman–Crippen LogP) is 1.02. The number of aromatic nitrogens is 1. The maximum absolute atomic E-state index is 11.4. The van der Waals surface area contributed by atoms with Crippen LogP contribution >= 0.6 is 0 Å². The molecule has 15 heavy (non-hydrogen) atoms. The van der Waals surface area contributed by atoms with Crippen molar-refractivity contribution in [2.75, 3.05) is 0 Å². The summed E-state index contributed by atoms with van der Waals surface area (Å²) in [5, 5.41) is 8.53. The van der Waals surface area contributed by atoms with Gasteiger partial charge in [-0.15, -0.1) is 0 Å². The number of esters is 1. The second kappa shape index (κ2) is 4.54. The summed E-state index contributed by atoms with van der Waals surface area (Å²) in [7, 11) is 0. The van der Waals surface area contributed by atoms with E-state index in [0.717, 1.165) is 0 Å². The quantitative estimate of drug-likeness (QED) is 0.752. The zero-order chi connectivity index (χ0) is 11.4. The van der Waals surface area contributed by atoms with Gasteiger partial charge in [-0.25, -0.2) is 14.6 Å². The number of ether oxygens (including phenoxy) is 1. The van der Waals surface area contributed by atoms with Crippen molar-refractivity contribution in [1.82, 2.24) is 4.98 Å². The van der Waals surface area contributed by atoms with E-state index in [-0.39, 0.29) is 5.69 Å². The fourth-order valence-electron chi connectivity index (χ4n) is 0.928. The van der Waals surface area contributed by atoms with E-state index < -0.39 is 18.0 Å². The summed E-state index contributed by atoms with van der Waals surface area (Å²) in [6.45, 7) is 3.02. The van der Waals surface area contributed by atoms with Crippen molar-refractivity contribution in [3.63, 3.8) is 0 Å². The van der Waals surface area contributed by atoms with Crippen LogP contribution in [0.15, 0.2) is 18.2 Å².